The molecule has 0 N–H and O–H groups in total. The summed E-state index contributed by atoms with van der Waals surface area (Å²) in [6.45, 7) is -1.42. The van der Waals surface area contributed by atoms with Crippen molar-refractivity contribution in [3.8, 4) is 28.4 Å². The van der Waals surface area contributed by atoms with Crippen LogP contribution in [0.4, 0.5) is 22.7 Å². The molecule has 8 heteroatoms. The molecule has 0 aliphatic carbocycles. The molecule has 0 saturated heterocycles. The summed E-state index contributed by atoms with van der Waals surface area (Å²) < 4.78 is 66.6. The molecule has 13 rings (SSSR count). The van der Waals surface area contributed by atoms with E-state index in [-0.39, 0.29) is 21.1 Å². The van der Waals surface area contributed by atoms with Crippen LogP contribution in [0.2, 0.25) is 0 Å². The van der Waals surface area contributed by atoms with Crippen LogP contribution in [-0.2, 0) is 35.0 Å². The van der Waals surface area contributed by atoms with Crippen molar-refractivity contribution in [2.75, 3.05) is 9.80 Å². The van der Waals surface area contributed by atoms with Crippen LogP contribution in [0.15, 0.2) is 176 Å². The number of para-hydroxylation sites is 5. The number of ether oxygens (including phenoxy) is 1. The predicted molar refractivity (Wildman–Crippen MR) is 262 cm³/mol. The molecule has 8 aromatic carbocycles. The van der Waals surface area contributed by atoms with Crippen LogP contribution in [0.3, 0.4) is 0 Å². The standard InChI is InChI=1S/C57H39N6O.Pt/c1-36-30-31-58-51(32-36)63-47-25-12-7-20-41(47)42-29-28-40(34-50(42)63)64-39-19-15-18-38(33-39)61-35-62(49-27-14-13-26-48(49)61)57-55-53(43-21-8-10-23-45(43)59(55)2)52(37-16-5-4-6-17-37)54-44-22-9-11-24-46(44)60(3)56(54)57;/h4-32,35H,1-3H3;/q-3;/i2D3,3D3;. The first-order valence-corrected chi connectivity index (χ1v) is 21.1. The predicted octanol–water partition coefficient (Wildman–Crippen LogP) is 14.2. The molecular formula is C57H39N6OPt-3. The average molecular weight is 1030 g/mol. The van der Waals surface area contributed by atoms with Crippen LogP contribution in [0.25, 0.3) is 82.4 Å². The van der Waals surface area contributed by atoms with Crippen LogP contribution in [-0.4, -0.2) is 18.7 Å². The molecule has 316 valence electrons. The Balaban J connectivity index is 0.00000517. The maximum atomic E-state index is 9.17. The van der Waals surface area contributed by atoms with Gasteiger partial charge >= 0.3 is 0 Å². The van der Waals surface area contributed by atoms with Gasteiger partial charge in [0, 0.05) is 116 Å². The van der Waals surface area contributed by atoms with E-state index in [2.05, 4.69) is 34.9 Å². The monoisotopic (exact) mass is 1020 g/mol. The summed E-state index contributed by atoms with van der Waals surface area (Å²) in [6, 6.07) is 61.6. The van der Waals surface area contributed by atoms with E-state index in [0.29, 0.717) is 61.4 Å². The van der Waals surface area contributed by atoms with Gasteiger partial charge in [0.05, 0.1) is 16.7 Å². The molecule has 0 amide bonds. The van der Waals surface area contributed by atoms with E-state index in [4.69, 9.17) is 9.72 Å². The fourth-order valence-electron chi connectivity index (χ4n) is 9.84. The smallest absolute Gasteiger partial charge is 0.135 e. The molecule has 1 aliphatic rings. The van der Waals surface area contributed by atoms with Crippen LogP contribution in [0, 0.1) is 25.7 Å². The number of nitrogens with zero attached hydrogens (tertiary/aromatic N) is 6. The second-order valence-corrected chi connectivity index (χ2v) is 16.2. The molecule has 0 radical (unpaired) electrons. The number of hydrogen-bond donors (Lipinski definition) is 0. The molecule has 0 saturated carbocycles. The summed E-state index contributed by atoms with van der Waals surface area (Å²) in [5.74, 6) is 1.71. The van der Waals surface area contributed by atoms with Gasteiger partial charge in [-0.05, 0) is 65.9 Å². The maximum absolute atomic E-state index is 9.17. The second-order valence-electron chi connectivity index (χ2n) is 16.2. The van der Waals surface area contributed by atoms with Crippen LogP contribution in [0.1, 0.15) is 13.8 Å². The number of aromatic nitrogens is 4. The van der Waals surface area contributed by atoms with Gasteiger partial charge in [-0.2, -0.15) is 12.1 Å². The van der Waals surface area contributed by atoms with Crippen molar-refractivity contribution in [1.29, 1.82) is 0 Å². The van der Waals surface area contributed by atoms with Crippen molar-refractivity contribution in [2.45, 2.75) is 6.92 Å². The van der Waals surface area contributed by atoms with Crippen LogP contribution in [0.5, 0.6) is 11.5 Å². The number of benzene rings is 8. The van der Waals surface area contributed by atoms with Gasteiger partial charge < -0.3 is 28.2 Å². The summed E-state index contributed by atoms with van der Waals surface area (Å²) in [6.07, 6.45) is 1.81. The fraction of sp³-hybridized carbons (Fsp3) is 0.0526. The number of aryl methyl sites for hydroxylation is 3. The van der Waals surface area contributed by atoms with Crippen LogP contribution >= 0.6 is 0 Å². The summed E-state index contributed by atoms with van der Waals surface area (Å²) in [4.78, 5) is 8.65. The molecular weight excluding hydrogens is 980 g/mol. The number of hydrogen-bond acceptors (Lipinski definition) is 4. The molecule has 1 aliphatic heterocycles. The number of fused-ring (bicyclic) bond motifs is 10. The molecule has 5 heterocycles. The van der Waals surface area contributed by atoms with E-state index < -0.39 is 14.0 Å². The second kappa shape index (κ2) is 15.0. The minimum atomic E-state index is -2.68. The molecule has 0 bridgehead atoms. The zero-order valence-electron chi connectivity index (χ0n) is 40.7. The Morgan fingerprint density at radius 3 is 1.88 bits per heavy atom. The van der Waals surface area contributed by atoms with E-state index in [1.54, 1.807) is 0 Å². The van der Waals surface area contributed by atoms with Gasteiger partial charge in [0.25, 0.3) is 0 Å². The fourth-order valence-corrected chi connectivity index (χ4v) is 9.84. The van der Waals surface area contributed by atoms with Crippen molar-refractivity contribution >= 4 is 88.2 Å². The number of rotatable bonds is 6. The van der Waals surface area contributed by atoms with Crippen molar-refractivity contribution in [1.82, 2.24) is 18.7 Å². The van der Waals surface area contributed by atoms with Gasteiger partial charge in [-0.25, -0.2) is 4.98 Å². The Kier molecular flexibility index (Phi) is 7.61. The third-order valence-electron chi connectivity index (χ3n) is 12.6. The Morgan fingerprint density at radius 2 is 1.18 bits per heavy atom. The van der Waals surface area contributed by atoms with E-state index in [1.807, 2.05) is 181 Å². The molecule has 0 fully saturated rings. The SMILES string of the molecule is [2H]C([2H])([2H])n1c2ccccc2c2c(-c3ccccc3)c3c4ccccc4n(C([2H])([2H])[2H])c3c(N3[CH-]N(c4[c-]c(Oc5[c-]c6c(cc5)c5ccccc5n6-c5cc(C)ccn5)ccc4)c4ccccc43)c21.[Pt]. The Morgan fingerprint density at radius 1 is 0.569 bits per heavy atom. The van der Waals surface area contributed by atoms with Crippen molar-refractivity contribution in [3.05, 3.63) is 200 Å². The molecule has 0 spiro atoms. The normalized spacial score (nSPS) is 14.4. The van der Waals surface area contributed by atoms with Gasteiger partial charge in [-0.1, -0.05) is 103 Å². The first-order valence-electron chi connectivity index (χ1n) is 24.1. The van der Waals surface area contributed by atoms with Gasteiger partial charge in [-0.3, -0.25) is 0 Å². The number of anilines is 4. The van der Waals surface area contributed by atoms with Crippen molar-refractivity contribution in [2.24, 2.45) is 14.0 Å². The molecule has 7 nitrogen and oxygen atoms in total. The minimum Gasteiger partial charge on any atom is -0.509 e. The van der Waals surface area contributed by atoms with Gasteiger partial charge in [0.1, 0.15) is 5.82 Å². The first kappa shape index (κ1) is 33.0. The third-order valence-corrected chi connectivity index (χ3v) is 12.6. The van der Waals surface area contributed by atoms with E-state index in [0.717, 1.165) is 60.8 Å². The molecule has 0 atom stereocenters. The molecule has 4 aromatic heterocycles. The Labute approximate surface area is 398 Å². The zero-order valence-corrected chi connectivity index (χ0v) is 37.0. The summed E-state index contributed by atoms with van der Waals surface area (Å²) in [5, 5.41) is 4.95. The molecule has 12 aromatic rings. The van der Waals surface area contributed by atoms with Crippen LogP contribution < -0.4 is 14.5 Å². The largest absolute Gasteiger partial charge is 0.509 e. The van der Waals surface area contributed by atoms with Gasteiger partial charge in [0.2, 0.25) is 0 Å². The first-order chi connectivity index (χ1) is 33.9. The molecule has 0 unspecified atom stereocenters. The zero-order chi connectivity index (χ0) is 47.6. The van der Waals surface area contributed by atoms with Crippen molar-refractivity contribution < 1.29 is 34.0 Å². The number of pyridine rings is 1. The topological polar surface area (TPSA) is 43.4 Å². The average Bonchev–Trinajstić information content (AvgIpc) is 4.11. The maximum Gasteiger partial charge on any atom is 0.135 e. The minimum absolute atomic E-state index is 0. The summed E-state index contributed by atoms with van der Waals surface area (Å²) >= 11 is 0. The van der Waals surface area contributed by atoms with Gasteiger partial charge in [-0.15, -0.1) is 48.1 Å². The summed E-state index contributed by atoms with van der Waals surface area (Å²) in [7, 11) is 0. The molecule has 65 heavy (non-hydrogen) atoms. The Hall–Kier alpha value is -7.60. The van der Waals surface area contributed by atoms with E-state index >= 15 is 0 Å². The Bertz CT molecular complexity index is 3990. The quantitative estimate of drug-likeness (QED) is 0.156. The third kappa shape index (κ3) is 5.82. The van der Waals surface area contributed by atoms with Gasteiger partial charge in [0.15, 0.2) is 0 Å². The van der Waals surface area contributed by atoms with E-state index in [1.165, 1.54) is 9.13 Å². The van der Waals surface area contributed by atoms with Crippen molar-refractivity contribution in [3.63, 3.8) is 0 Å². The summed E-state index contributed by atoms with van der Waals surface area (Å²) in [5.41, 5.74) is 8.76. The van der Waals surface area contributed by atoms with E-state index in [9.17, 15) is 8.22 Å².